The van der Waals surface area contributed by atoms with Gasteiger partial charge in [-0.3, -0.25) is 13.9 Å². The van der Waals surface area contributed by atoms with Crippen LogP contribution in [0.15, 0.2) is 76.1 Å². The largest absolute Gasteiger partial charge is 0.494 e. The van der Waals surface area contributed by atoms with Crippen molar-refractivity contribution in [3.63, 3.8) is 0 Å². The molecule has 0 aromatic heterocycles. The monoisotopic (exact) mass is 697 g/mol. The Morgan fingerprint density at radius 3 is 2.19 bits per heavy atom. The molecule has 1 atom stereocenters. The maximum atomic E-state index is 14.1. The zero-order chi connectivity index (χ0) is 30.9. The Morgan fingerprint density at radius 1 is 0.952 bits per heavy atom. The fraction of sp³-hybridized carbons (Fsp3) is 0.333. The summed E-state index contributed by atoms with van der Waals surface area (Å²) >= 11 is 15.7. The van der Waals surface area contributed by atoms with Gasteiger partial charge in [-0.25, -0.2) is 8.42 Å². The molecule has 0 heterocycles. The van der Waals surface area contributed by atoms with Crippen LogP contribution < -0.4 is 14.4 Å². The van der Waals surface area contributed by atoms with E-state index in [1.54, 1.807) is 61.5 Å². The lowest BCUT2D eigenvalue weighted by Crippen LogP contribution is -2.52. The molecule has 42 heavy (non-hydrogen) atoms. The van der Waals surface area contributed by atoms with E-state index in [4.69, 9.17) is 27.9 Å². The zero-order valence-electron chi connectivity index (χ0n) is 23.6. The van der Waals surface area contributed by atoms with Crippen LogP contribution in [0, 0.1) is 0 Å². The highest BCUT2D eigenvalue weighted by Gasteiger charge is 2.33. The lowest BCUT2D eigenvalue weighted by atomic mass is 10.1. The van der Waals surface area contributed by atoms with Crippen LogP contribution in [0.3, 0.4) is 0 Å². The third kappa shape index (κ3) is 8.63. The van der Waals surface area contributed by atoms with E-state index >= 15 is 0 Å². The van der Waals surface area contributed by atoms with E-state index in [-0.39, 0.29) is 23.0 Å². The van der Waals surface area contributed by atoms with E-state index < -0.39 is 28.5 Å². The van der Waals surface area contributed by atoms with E-state index in [1.807, 2.05) is 13.8 Å². The Bertz CT molecular complexity index is 1470. The summed E-state index contributed by atoms with van der Waals surface area (Å²) in [6.45, 7) is 5.94. The number of nitrogens with zero attached hydrogens (tertiary/aromatic N) is 2. The summed E-state index contributed by atoms with van der Waals surface area (Å²) in [5, 5.41) is 3.52. The average molecular weight is 699 g/mol. The van der Waals surface area contributed by atoms with Gasteiger partial charge in [0.05, 0.1) is 27.2 Å². The molecule has 0 aliphatic carbocycles. The van der Waals surface area contributed by atoms with E-state index in [9.17, 15) is 18.0 Å². The SMILES string of the molecule is CCCNC(=O)[C@H](CC)N(Cc1ccc(Cl)c(Cl)c1)C(=O)CN(c1ccc(OCC)cc1)S(=O)(=O)c1ccc(Br)cc1. The molecule has 0 aliphatic heterocycles. The van der Waals surface area contributed by atoms with E-state index in [0.29, 0.717) is 45.4 Å². The minimum absolute atomic E-state index is 0.0103. The van der Waals surface area contributed by atoms with E-state index in [1.165, 1.54) is 17.0 Å². The maximum absolute atomic E-state index is 14.1. The first-order chi connectivity index (χ1) is 20.0. The third-order valence-electron chi connectivity index (χ3n) is 6.39. The molecule has 2 amide bonds. The third-order valence-corrected chi connectivity index (χ3v) is 9.44. The van der Waals surface area contributed by atoms with Crippen molar-refractivity contribution >= 4 is 66.7 Å². The number of carbonyl (C=O) groups excluding carboxylic acids is 2. The fourth-order valence-corrected chi connectivity index (χ4v) is 6.26. The molecule has 3 aromatic carbocycles. The van der Waals surface area contributed by atoms with Gasteiger partial charge < -0.3 is 15.0 Å². The summed E-state index contributed by atoms with van der Waals surface area (Å²) in [6.07, 6.45) is 1.03. The van der Waals surface area contributed by atoms with Gasteiger partial charge in [0.2, 0.25) is 11.8 Å². The number of rotatable bonds is 14. The second-order valence-corrected chi connectivity index (χ2v) is 13.0. The first-order valence-corrected chi connectivity index (χ1v) is 16.5. The van der Waals surface area contributed by atoms with Crippen molar-refractivity contribution in [2.75, 3.05) is 24.0 Å². The van der Waals surface area contributed by atoms with Crippen molar-refractivity contribution < 1.29 is 22.7 Å². The summed E-state index contributed by atoms with van der Waals surface area (Å²) in [7, 11) is -4.19. The van der Waals surface area contributed by atoms with Crippen molar-refractivity contribution in [3.8, 4) is 5.75 Å². The van der Waals surface area contributed by atoms with Gasteiger partial charge in [0.1, 0.15) is 18.3 Å². The second kappa shape index (κ2) is 15.6. The molecule has 0 unspecified atom stereocenters. The van der Waals surface area contributed by atoms with E-state index in [2.05, 4.69) is 21.2 Å². The molecule has 0 bridgehead atoms. The van der Waals surface area contributed by atoms with Crippen LogP contribution in [-0.2, 0) is 26.2 Å². The Morgan fingerprint density at radius 2 is 1.62 bits per heavy atom. The number of halogens is 3. The lowest BCUT2D eigenvalue weighted by Gasteiger charge is -2.33. The molecule has 0 radical (unpaired) electrons. The topological polar surface area (TPSA) is 96.0 Å². The van der Waals surface area contributed by atoms with Gasteiger partial charge in [0.25, 0.3) is 10.0 Å². The van der Waals surface area contributed by atoms with Crippen LogP contribution >= 0.6 is 39.1 Å². The average Bonchev–Trinajstić information content (AvgIpc) is 2.97. The van der Waals surface area contributed by atoms with Crippen molar-refractivity contribution in [1.82, 2.24) is 10.2 Å². The minimum atomic E-state index is -4.19. The van der Waals surface area contributed by atoms with Gasteiger partial charge in [0, 0.05) is 17.6 Å². The van der Waals surface area contributed by atoms with Crippen LogP contribution in [-0.4, -0.2) is 50.9 Å². The molecule has 0 saturated carbocycles. The number of anilines is 1. The molecular weight excluding hydrogens is 665 g/mol. The molecule has 3 aromatic rings. The lowest BCUT2D eigenvalue weighted by molar-refractivity contribution is -0.140. The number of carbonyl (C=O) groups is 2. The first kappa shape index (κ1) is 33.7. The Hall–Kier alpha value is -2.79. The number of hydrogen-bond acceptors (Lipinski definition) is 5. The smallest absolute Gasteiger partial charge is 0.264 e. The molecule has 1 N–H and O–H groups in total. The quantitative estimate of drug-likeness (QED) is 0.203. The second-order valence-electron chi connectivity index (χ2n) is 9.38. The minimum Gasteiger partial charge on any atom is -0.494 e. The molecule has 12 heteroatoms. The van der Waals surface area contributed by atoms with Crippen molar-refractivity contribution in [2.24, 2.45) is 0 Å². The molecule has 8 nitrogen and oxygen atoms in total. The van der Waals surface area contributed by atoms with E-state index in [0.717, 1.165) is 10.7 Å². The van der Waals surface area contributed by atoms with Crippen LogP contribution in [0.1, 0.15) is 39.2 Å². The maximum Gasteiger partial charge on any atom is 0.264 e. The van der Waals surface area contributed by atoms with Gasteiger partial charge in [0.15, 0.2) is 0 Å². The first-order valence-electron chi connectivity index (χ1n) is 13.5. The van der Waals surface area contributed by atoms with Gasteiger partial charge in [-0.15, -0.1) is 0 Å². The molecule has 226 valence electrons. The molecular formula is C30H34BrCl2N3O5S. The van der Waals surface area contributed by atoms with Crippen LogP contribution in [0.4, 0.5) is 5.69 Å². The summed E-state index contributed by atoms with van der Waals surface area (Å²) in [6, 6.07) is 16.7. The number of ether oxygens (including phenoxy) is 1. The number of hydrogen-bond donors (Lipinski definition) is 1. The molecule has 0 aliphatic rings. The standard InChI is InChI=1S/C30H34BrCl2N3O5S/c1-4-17-34-30(38)28(5-2)35(19-21-7-16-26(32)27(33)18-21)29(37)20-36(23-10-12-24(13-11-23)41-6-3)42(39,40)25-14-8-22(31)9-15-25/h7-16,18,28H,4-6,17,19-20H2,1-3H3,(H,34,38)/t28-/m0/s1. The van der Waals surface area contributed by atoms with Crippen LogP contribution in [0.25, 0.3) is 0 Å². The Kier molecular flexibility index (Phi) is 12.5. The molecule has 0 fully saturated rings. The molecule has 0 spiro atoms. The summed E-state index contributed by atoms with van der Waals surface area (Å²) in [5.74, 6) is -0.321. The van der Waals surface area contributed by atoms with Gasteiger partial charge in [-0.1, -0.05) is 59.0 Å². The van der Waals surface area contributed by atoms with Gasteiger partial charge in [-0.2, -0.15) is 0 Å². The summed E-state index contributed by atoms with van der Waals surface area (Å²) < 4.78 is 35.2. The Labute approximate surface area is 266 Å². The van der Waals surface area contributed by atoms with Gasteiger partial charge in [-0.05, 0) is 86.0 Å². The van der Waals surface area contributed by atoms with Gasteiger partial charge >= 0.3 is 0 Å². The van der Waals surface area contributed by atoms with Crippen molar-refractivity contribution in [1.29, 1.82) is 0 Å². The number of sulfonamides is 1. The highest BCUT2D eigenvalue weighted by atomic mass is 79.9. The summed E-state index contributed by atoms with van der Waals surface area (Å²) in [5.41, 5.74) is 0.913. The zero-order valence-corrected chi connectivity index (χ0v) is 27.6. The number of nitrogens with one attached hydrogen (secondary N) is 1. The number of amides is 2. The highest BCUT2D eigenvalue weighted by molar-refractivity contribution is 9.10. The predicted octanol–water partition coefficient (Wildman–Crippen LogP) is 6.68. The Balaban J connectivity index is 2.06. The normalized spacial score (nSPS) is 12.0. The van der Waals surface area contributed by atoms with Crippen molar-refractivity contribution in [3.05, 3.63) is 86.8 Å². The van der Waals surface area contributed by atoms with Crippen LogP contribution in [0.5, 0.6) is 5.75 Å². The number of benzene rings is 3. The predicted molar refractivity (Wildman–Crippen MR) is 171 cm³/mol. The summed E-state index contributed by atoms with van der Waals surface area (Å²) in [4.78, 5) is 28.7. The van der Waals surface area contributed by atoms with Crippen LogP contribution in [0.2, 0.25) is 10.0 Å². The highest BCUT2D eigenvalue weighted by Crippen LogP contribution is 2.28. The van der Waals surface area contributed by atoms with Crippen molar-refractivity contribution in [2.45, 2.75) is 51.1 Å². The molecule has 3 rings (SSSR count). The fourth-order valence-electron chi connectivity index (χ4n) is 4.26. The molecule has 0 saturated heterocycles.